The maximum Gasteiger partial charge on any atom is 0.322 e. The van der Waals surface area contributed by atoms with Crippen LogP contribution in [0.5, 0.6) is 6.01 Å². The topological polar surface area (TPSA) is 66.4 Å². The zero-order valence-corrected chi connectivity index (χ0v) is 13.0. The largest absolute Gasteiger partial charge is 0.467 e. The lowest BCUT2D eigenvalue weighted by molar-refractivity contribution is 0.254. The van der Waals surface area contributed by atoms with E-state index in [9.17, 15) is 0 Å². The predicted octanol–water partition coefficient (Wildman–Crippen LogP) is 0.985. The van der Waals surface area contributed by atoms with Crippen molar-refractivity contribution >= 4 is 11.9 Å². The van der Waals surface area contributed by atoms with Crippen LogP contribution >= 0.6 is 0 Å². The fraction of sp³-hybridized carbons (Fsp3) is 0.786. The van der Waals surface area contributed by atoms with Gasteiger partial charge in [-0.15, -0.1) is 0 Å². The second kappa shape index (κ2) is 6.01. The molecule has 2 atom stereocenters. The summed E-state index contributed by atoms with van der Waals surface area (Å²) in [5, 5.41) is 3.14. The first-order valence-corrected chi connectivity index (χ1v) is 7.72. The van der Waals surface area contributed by atoms with Gasteiger partial charge in [0.05, 0.1) is 7.11 Å². The monoisotopic (exact) mass is 292 g/mol. The Kier molecular flexibility index (Phi) is 4.10. The van der Waals surface area contributed by atoms with Crippen molar-refractivity contribution in [2.75, 3.05) is 44.0 Å². The lowest BCUT2D eigenvalue weighted by atomic mass is 10.1. The molecule has 2 unspecified atom stereocenters. The van der Waals surface area contributed by atoms with Crippen molar-refractivity contribution in [3.8, 4) is 6.01 Å². The molecule has 2 aliphatic rings. The van der Waals surface area contributed by atoms with Gasteiger partial charge in [0, 0.05) is 31.7 Å². The Morgan fingerprint density at radius 3 is 2.76 bits per heavy atom. The van der Waals surface area contributed by atoms with Crippen LogP contribution in [-0.2, 0) is 0 Å². The van der Waals surface area contributed by atoms with E-state index in [1.54, 1.807) is 7.11 Å². The van der Waals surface area contributed by atoms with E-state index in [0.717, 1.165) is 32.0 Å². The SMILES string of the molecule is CCNc1nc(OC)nc(N2CCC3CCC(C2)N3C)n1. The van der Waals surface area contributed by atoms with E-state index in [-0.39, 0.29) is 0 Å². The van der Waals surface area contributed by atoms with E-state index in [0.29, 0.717) is 24.0 Å². The summed E-state index contributed by atoms with van der Waals surface area (Å²) in [6, 6.07) is 1.68. The minimum atomic E-state index is 0.374. The highest BCUT2D eigenvalue weighted by Crippen LogP contribution is 2.30. The number of ether oxygens (including phenoxy) is 1. The molecule has 0 amide bonds. The Hall–Kier alpha value is -1.63. The molecule has 3 rings (SSSR count). The first-order valence-electron chi connectivity index (χ1n) is 7.72. The highest BCUT2D eigenvalue weighted by Gasteiger charge is 2.35. The van der Waals surface area contributed by atoms with Gasteiger partial charge in [0.15, 0.2) is 0 Å². The summed E-state index contributed by atoms with van der Waals surface area (Å²) in [5.41, 5.74) is 0. The minimum Gasteiger partial charge on any atom is -0.467 e. The van der Waals surface area contributed by atoms with Crippen LogP contribution < -0.4 is 15.0 Å². The predicted molar refractivity (Wildman–Crippen MR) is 81.9 cm³/mol. The molecular weight excluding hydrogens is 268 g/mol. The van der Waals surface area contributed by atoms with Crippen molar-refractivity contribution in [3.05, 3.63) is 0 Å². The molecule has 0 saturated carbocycles. The van der Waals surface area contributed by atoms with Crippen LogP contribution in [0.4, 0.5) is 11.9 Å². The summed E-state index contributed by atoms with van der Waals surface area (Å²) in [7, 11) is 3.83. The van der Waals surface area contributed by atoms with Crippen LogP contribution in [-0.4, -0.2) is 65.7 Å². The normalized spacial score (nSPS) is 25.8. The number of hydrogen-bond donors (Lipinski definition) is 1. The summed E-state index contributed by atoms with van der Waals surface area (Å²) in [6.07, 6.45) is 3.75. The van der Waals surface area contributed by atoms with E-state index < -0.39 is 0 Å². The Morgan fingerprint density at radius 1 is 1.19 bits per heavy atom. The fourth-order valence-electron chi connectivity index (χ4n) is 3.31. The molecular formula is C14H24N6O. The van der Waals surface area contributed by atoms with Gasteiger partial charge in [-0.2, -0.15) is 15.0 Å². The molecule has 2 saturated heterocycles. The summed E-state index contributed by atoms with van der Waals surface area (Å²) >= 11 is 0. The van der Waals surface area contributed by atoms with Gasteiger partial charge in [-0.25, -0.2) is 0 Å². The fourth-order valence-corrected chi connectivity index (χ4v) is 3.31. The van der Waals surface area contributed by atoms with Crippen LogP contribution in [0.25, 0.3) is 0 Å². The lowest BCUT2D eigenvalue weighted by Crippen LogP contribution is -2.37. The molecule has 1 aromatic heterocycles. The number of anilines is 2. The Morgan fingerprint density at radius 2 is 2.00 bits per heavy atom. The van der Waals surface area contributed by atoms with Gasteiger partial charge in [0.2, 0.25) is 11.9 Å². The van der Waals surface area contributed by atoms with Gasteiger partial charge in [-0.05, 0) is 33.2 Å². The van der Waals surface area contributed by atoms with Gasteiger partial charge in [-0.3, -0.25) is 4.90 Å². The maximum absolute atomic E-state index is 5.21. The first kappa shape index (κ1) is 14.3. The van der Waals surface area contributed by atoms with Crippen molar-refractivity contribution in [3.63, 3.8) is 0 Å². The van der Waals surface area contributed by atoms with Crippen LogP contribution in [0, 0.1) is 0 Å². The number of hydrogen-bond acceptors (Lipinski definition) is 7. The average Bonchev–Trinajstić information content (AvgIpc) is 2.72. The number of aromatic nitrogens is 3. The zero-order valence-electron chi connectivity index (χ0n) is 13.0. The second-order valence-corrected chi connectivity index (χ2v) is 5.76. The van der Waals surface area contributed by atoms with Gasteiger partial charge in [-0.1, -0.05) is 0 Å². The molecule has 2 bridgehead atoms. The number of nitrogens with one attached hydrogen (secondary N) is 1. The Balaban J connectivity index is 1.83. The van der Waals surface area contributed by atoms with Crippen LogP contribution in [0.3, 0.4) is 0 Å². The van der Waals surface area contributed by atoms with Crippen LogP contribution in [0.15, 0.2) is 0 Å². The third-order valence-electron chi connectivity index (χ3n) is 4.55. The highest BCUT2D eigenvalue weighted by atomic mass is 16.5. The van der Waals surface area contributed by atoms with E-state index in [2.05, 4.69) is 37.1 Å². The van der Waals surface area contributed by atoms with Gasteiger partial charge < -0.3 is 15.0 Å². The maximum atomic E-state index is 5.21. The molecule has 0 aromatic carbocycles. The van der Waals surface area contributed by atoms with Gasteiger partial charge in [0.25, 0.3) is 0 Å². The first-order chi connectivity index (χ1) is 10.2. The number of nitrogens with zero attached hydrogens (tertiary/aromatic N) is 5. The highest BCUT2D eigenvalue weighted by molar-refractivity contribution is 5.39. The third kappa shape index (κ3) is 2.88. The van der Waals surface area contributed by atoms with Crippen molar-refractivity contribution in [1.82, 2.24) is 19.9 Å². The molecule has 1 aromatic rings. The number of rotatable bonds is 4. The van der Waals surface area contributed by atoms with Crippen LogP contribution in [0.1, 0.15) is 26.2 Å². The van der Waals surface area contributed by atoms with E-state index >= 15 is 0 Å². The summed E-state index contributed by atoms with van der Waals surface area (Å²) < 4.78 is 5.21. The Bertz CT molecular complexity index is 496. The van der Waals surface area contributed by atoms with E-state index in [1.165, 1.54) is 12.8 Å². The summed E-state index contributed by atoms with van der Waals surface area (Å²) in [4.78, 5) is 18.0. The molecule has 3 heterocycles. The van der Waals surface area contributed by atoms with E-state index in [1.807, 2.05) is 6.92 Å². The molecule has 2 fully saturated rings. The van der Waals surface area contributed by atoms with E-state index in [4.69, 9.17) is 4.74 Å². The van der Waals surface area contributed by atoms with Crippen molar-refractivity contribution in [1.29, 1.82) is 0 Å². The van der Waals surface area contributed by atoms with Crippen LogP contribution in [0.2, 0.25) is 0 Å². The third-order valence-corrected chi connectivity index (χ3v) is 4.55. The molecule has 7 heteroatoms. The van der Waals surface area contributed by atoms with Crippen molar-refractivity contribution in [2.24, 2.45) is 0 Å². The van der Waals surface area contributed by atoms with Gasteiger partial charge in [0.1, 0.15) is 0 Å². The molecule has 0 radical (unpaired) electrons. The zero-order chi connectivity index (χ0) is 14.8. The molecule has 0 aliphatic carbocycles. The Labute approximate surface area is 125 Å². The lowest BCUT2D eigenvalue weighted by Gasteiger charge is -2.26. The molecule has 21 heavy (non-hydrogen) atoms. The number of likely N-dealkylation sites (N-methyl/N-ethyl adjacent to an activating group) is 1. The second-order valence-electron chi connectivity index (χ2n) is 5.76. The number of methoxy groups -OCH3 is 1. The molecule has 116 valence electrons. The molecule has 0 spiro atoms. The smallest absolute Gasteiger partial charge is 0.322 e. The van der Waals surface area contributed by atoms with Gasteiger partial charge >= 0.3 is 6.01 Å². The molecule has 7 nitrogen and oxygen atoms in total. The average molecular weight is 292 g/mol. The standard InChI is InChI=1S/C14H24N6O/c1-4-15-12-16-13(18-14(17-12)21-3)20-8-7-10-5-6-11(9-20)19(10)2/h10-11H,4-9H2,1-3H3,(H,15,16,17,18). The number of fused-ring (bicyclic) bond motifs is 2. The quantitative estimate of drug-likeness (QED) is 0.887. The minimum absolute atomic E-state index is 0.374. The van der Waals surface area contributed by atoms with Crippen molar-refractivity contribution in [2.45, 2.75) is 38.3 Å². The summed E-state index contributed by atoms with van der Waals surface area (Å²) in [5.74, 6) is 1.31. The molecule has 1 N–H and O–H groups in total. The summed E-state index contributed by atoms with van der Waals surface area (Å²) in [6.45, 7) is 4.77. The molecule has 2 aliphatic heterocycles. The van der Waals surface area contributed by atoms with Crippen molar-refractivity contribution < 1.29 is 4.74 Å².